The number of halogens is 2. The number of nitrogens with zero attached hydrogens (tertiary/aromatic N) is 4. The largest absolute Gasteiger partial charge is 0.377 e. The molecule has 5 rings (SSSR count). The predicted molar refractivity (Wildman–Crippen MR) is 163 cm³/mol. The van der Waals surface area contributed by atoms with Gasteiger partial charge < -0.3 is 15.4 Å². The van der Waals surface area contributed by atoms with Crippen LogP contribution in [-0.4, -0.2) is 51.3 Å². The first-order valence-electron chi connectivity index (χ1n) is 14.2. The number of hydrogen-bond acceptors (Lipinski definition) is 7. The van der Waals surface area contributed by atoms with E-state index in [-0.39, 0.29) is 47.0 Å². The first-order valence-corrected chi connectivity index (χ1v) is 14.6. The van der Waals surface area contributed by atoms with E-state index < -0.39 is 17.8 Å². The molecule has 4 aromatic rings. The Kier molecular flexibility index (Phi) is 9.46. The Morgan fingerprint density at radius 3 is 2.80 bits per heavy atom. The lowest BCUT2D eigenvalue weighted by atomic mass is 9.94. The Labute approximate surface area is 259 Å². The molecule has 228 valence electrons. The number of ketones is 1. The third kappa shape index (κ3) is 6.68. The summed E-state index contributed by atoms with van der Waals surface area (Å²) in [4.78, 5) is 43.5. The number of hydrogen-bond donors (Lipinski definition) is 2. The van der Waals surface area contributed by atoms with E-state index in [1.54, 1.807) is 19.2 Å². The van der Waals surface area contributed by atoms with E-state index in [0.29, 0.717) is 36.3 Å². The van der Waals surface area contributed by atoms with E-state index >= 15 is 0 Å². The van der Waals surface area contributed by atoms with Gasteiger partial charge in [-0.1, -0.05) is 48.4 Å². The Morgan fingerprint density at radius 2 is 2.00 bits per heavy atom. The highest BCUT2D eigenvalue weighted by Crippen LogP contribution is 2.33. The van der Waals surface area contributed by atoms with Gasteiger partial charge in [-0.15, -0.1) is 5.10 Å². The lowest BCUT2D eigenvalue weighted by Gasteiger charge is -2.22. The van der Waals surface area contributed by atoms with Crippen LogP contribution in [0, 0.1) is 18.7 Å². The van der Waals surface area contributed by atoms with Crippen molar-refractivity contribution >= 4 is 34.9 Å². The fourth-order valence-corrected chi connectivity index (χ4v) is 5.43. The standard InChI is InChI=1S/C32H32ClFN6O4/c1-18-6-4-8-25(36-32(43)30-19(2)40(39-38-30)28-9-5-7-24(33)29(28)34)27-16-21(12-13-35-27)23-11-10-20(14-22(41)17-44-3)15-26(23)37-31(18)42/h5,7,9-13,15-16,18,25H,4,6,8,14,17H2,1-3H3,(H,36,43)(H,37,42)/t18-,25-/m0/s1. The van der Waals surface area contributed by atoms with Crippen LogP contribution < -0.4 is 10.6 Å². The summed E-state index contributed by atoms with van der Waals surface area (Å²) in [5.41, 5.74) is 3.98. The van der Waals surface area contributed by atoms with Crippen molar-refractivity contribution in [2.24, 2.45) is 5.92 Å². The number of carbonyl (C=O) groups is 3. The zero-order valence-electron chi connectivity index (χ0n) is 24.6. The minimum atomic E-state index is -0.665. The third-order valence-electron chi connectivity index (χ3n) is 7.65. The van der Waals surface area contributed by atoms with Gasteiger partial charge in [-0.05, 0) is 61.2 Å². The summed E-state index contributed by atoms with van der Waals surface area (Å²) in [7, 11) is 1.47. The molecule has 2 atom stereocenters. The van der Waals surface area contributed by atoms with Crippen molar-refractivity contribution in [3.05, 3.63) is 88.2 Å². The first kappa shape index (κ1) is 31.0. The lowest BCUT2D eigenvalue weighted by Crippen LogP contribution is -2.30. The minimum absolute atomic E-state index is 0.00856. The number of benzene rings is 2. The highest BCUT2D eigenvalue weighted by atomic mass is 35.5. The van der Waals surface area contributed by atoms with Crippen LogP contribution in [0.5, 0.6) is 0 Å². The van der Waals surface area contributed by atoms with Gasteiger partial charge in [0.05, 0.1) is 22.5 Å². The number of ether oxygens (including phenoxy) is 1. The molecule has 0 aliphatic carbocycles. The molecule has 1 aliphatic rings. The molecule has 1 aliphatic heterocycles. The van der Waals surface area contributed by atoms with E-state index in [4.69, 9.17) is 16.3 Å². The zero-order chi connectivity index (χ0) is 31.4. The Hall–Kier alpha value is -4.48. The first-order chi connectivity index (χ1) is 21.2. The van der Waals surface area contributed by atoms with Gasteiger partial charge in [-0.3, -0.25) is 19.4 Å². The van der Waals surface area contributed by atoms with Crippen molar-refractivity contribution < 1.29 is 23.5 Å². The van der Waals surface area contributed by atoms with E-state index in [1.807, 2.05) is 37.3 Å². The molecule has 0 radical (unpaired) electrons. The van der Waals surface area contributed by atoms with Crippen molar-refractivity contribution in [1.29, 1.82) is 0 Å². The molecule has 2 bridgehead atoms. The smallest absolute Gasteiger partial charge is 0.274 e. The maximum absolute atomic E-state index is 14.7. The van der Waals surface area contributed by atoms with Crippen LogP contribution in [0.15, 0.2) is 54.7 Å². The molecule has 0 spiro atoms. The van der Waals surface area contributed by atoms with Crippen LogP contribution in [0.25, 0.3) is 16.8 Å². The van der Waals surface area contributed by atoms with E-state index in [0.717, 1.165) is 16.7 Å². The van der Waals surface area contributed by atoms with Gasteiger partial charge in [0.2, 0.25) is 5.91 Å². The Morgan fingerprint density at radius 1 is 1.18 bits per heavy atom. The lowest BCUT2D eigenvalue weighted by molar-refractivity contribution is -0.122. The minimum Gasteiger partial charge on any atom is -0.377 e. The highest BCUT2D eigenvalue weighted by molar-refractivity contribution is 6.30. The average molecular weight is 619 g/mol. The Bertz CT molecular complexity index is 1720. The number of methoxy groups -OCH3 is 1. The maximum atomic E-state index is 14.7. The van der Waals surface area contributed by atoms with E-state index in [1.165, 1.54) is 23.9 Å². The molecular weight excluding hydrogens is 587 g/mol. The van der Waals surface area contributed by atoms with Gasteiger partial charge in [0, 0.05) is 36.9 Å². The van der Waals surface area contributed by atoms with Crippen LogP contribution >= 0.6 is 11.6 Å². The molecular formula is C32H32ClFN6O4. The van der Waals surface area contributed by atoms with Gasteiger partial charge >= 0.3 is 0 Å². The van der Waals surface area contributed by atoms with Crippen LogP contribution in [0.4, 0.5) is 10.1 Å². The van der Waals surface area contributed by atoms with Crippen molar-refractivity contribution in [3.8, 4) is 16.8 Å². The molecule has 2 amide bonds. The number of carbonyl (C=O) groups excluding carboxylic acids is 3. The fraction of sp³-hybridized carbons (Fsp3) is 0.312. The number of Topliss-reactive ketones (excluding diaryl/α,β-unsaturated/α-hetero) is 1. The highest BCUT2D eigenvalue weighted by Gasteiger charge is 2.25. The fourth-order valence-electron chi connectivity index (χ4n) is 5.26. The predicted octanol–water partition coefficient (Wildman–Crippen LogP) is 5.42. The molecule has 2 N–H and O–H groups in total. The van der Waals surface area contributed by atoms with E-state index in [2.05, 4.69) is 25.9 Å². The number of fused-ring (bicyclic) bond motifs is 4. The SMILES string of the molecule is COCC(=O)Cc1ccc2c(c1)NC(=O)[C@@H](C)CCC[C@H](NC(=O)c1nnn(-c3cccc(Cl)c3F)c1C)c1cc-2ccn1. The van der Waals surface area contributed by atoms with Gasteiger partial charge in [0.15, 0.2) is 17.3 Å². The number of amides is 2. The van der Waals surface area contributed by atoms with Gasteiger partial charge in [0.25, 0.3) is 5.91 Å². The monoisotopic (exact) mass is 618 g/mol. The quantitative estimate of drug-likeness (QED) is 0.283. The molecule has 2 aromatic heterocycles. The summed E-state index contributed by atoms with van der Waals surface area (Å²) in [5, 5.41) is 14.1. The topological polar surface area (TPSA) is 128 Å². The molecule has 44 heavy (non-hydrogen) atoms. The summed E-state index contributed by atoms with van der Waals surface area (Å²) >= 11 is 5.95. The average Bonchev–Trinajstić information content (AvgIpc) is 3.38. The summed E-state index contributed by atoms with van der Waals surface area (Å²) in [6.07, 6.45) is 3.55. The van der Waals surface area contributed by atoms with Gasteiger partial charge in [0.1, 0.15) is 12.3 Å². The van der Waals surface area contributed by atoms with Crippen molar-refractivity contribution in [2.75, 3.05) is 19.0 Å². The number of nitrogens with one attached hydrogen (secondary N) is 2. The zero-order valence-corrected chi connectivity index (χ0v) is 25.3. The second-order valence-corrected chi connectivity index (χ2v) is 11.3. The molecule has 2 aromatic carbocycles. The maximum Gasteiger partial charge on any atom is 0.274 e. The number of aromatic nitrogens is 4. The van der Waals surface area contributed by atoms with Crippen LogP contribution in [0.1, 0.15) is 59.7 Å². The summed E-state index contributed by atoms with van der Waals surface area (Å²) in [6.45, 7) is 3.49. The molecule has 10 nitrogen and oxygen atoms in total. The van der Waals surface area contributed by atoms with Crippen LogP contribution in [0.2, 0.25) is 5.02 Å². The van der Waals surface area contributed by atoms with Crippen molar-refractivity contribution in [3.63, 3.8) is 0 Å². The number of rotatable bonds is 7. The molecule has 0 unspecified atom stereocenters. The molecule has 0 saturated carbocycles. The molecule has 0 saturated heterocycles. The molecule has 0 fully saturated rings. The number of anilines is 1. The third-order valence-corrected chi connectivity index (χ3v) is 7.94. The van der Waals surface area contributed by atoms with Gasteiger partial charge in [-0.2, -0.15) is 0 Å². The number of pyridine rings is 1. The van der Waals surface area contributed by atoms with Crippen LogP contribution in [-0.2, 0) is 20.7 Å². The van der Waals surface area contributed by atoms with Crippen molar-refractivity contribution in [1.82, 2.24) is 25.3 Å². The summed E-state index contributed by atoms with van der Waals surface area (Å²) in [6, 6.07) is 13.3. The Balaban J connectivity index is 1.47. The summed E-state index contributed by atoms with van der Waals surface area (Å²) < 4.78 is 20.9. The van der Waals surface area contributed by atoms with E-state index in [9.17, 15) is 18.8 Å². The van der Waals surface area contributed by atoms with Crippen molar-refractivity contribution in [2.45, 2.75) is 45.6 Å². The van der Waals surface area contributed by atoms with Crippen LogP contribution in [0.3, 0.4) is 0 Å². The second kappa shape index (κ2) is 13.4. The molecule has 3 heterocycles. The normalized spacial score (nSPS) is 16.7. The van der Waals surface area contributed by atoms with Gasteiger partial charge in [-0.25, -0.2) is 9.07 Å². The second-order valence-electron chi connectivity index (χ2n) is 10.9. The molecule has 12 heteroatoms. The summed E-state index contributed by atoms with van der Waals surface area (Å²) in [5.74, 6) is -1.67.